The fourth-order valence-electron chi connectivity index (χ4n) is 1.63. The maximum Gasteiger partial charge on any atom is 0.416 e. The Morgan fingerprint density at radius 2 is 1.83 bits per heavy atom. The molecule has 1 aromatic carbocycles. The third-order valence-electron chi connectivity index (χ3n) is 2.69. The Balaban J connectivity index is 2.24. The van der Waals surface area contributed by atoms with Gasteiger partial charge in [-0.1, -0.05) is 12.1 Å². The predicted octanol–water partition coefficient (Wildman–Crippen LogP) is 4.12. The number of hydrogen-bond acceptors (Lipinski definition) is 1. The summed E-state index contributed by atoms with van der Waals surface area (Å²) in [5.74, 6) is 0. The third kappa shape index (κ3) is 2.85. The van der Waals surface area contributed by atoms with Crippen molar-refractivity contribution in [3.63, 3.8) is 0 Å². The molecule has 0 N–H and O–H groups in total. The molecule has 0 unspecified atom stereocenters. The summed E-state index contributed by atoms with van der Waals surface area (Å²) in [5.41, 5.74) is 0.163. The van der Waals surface area contributed by atoms with E-state index in [2.05, 4.69) is 27.7 Å². The molecule has 0 aliphatic heterocycles. The molecule has 0 saturated heterocycles. The molecule has 18 heavy (non-hydrogen) atoms. The van der Waals surface area contributed by atoms with Crippen molar-refractivity contribution in [2.75, 3.05) is 0 Å². The lowest BCUT2D eigenvalue weighted by Gasteiger charge is -2.14. The lowest BCUT2D eigenvalue weighted by molar-refractivity contribution is -0.137. The number of alkyl halides is 3. The average molecular weight is 366 g/mol. The zero-order chi connectivity index (χ0) is 13.3. The monoisotopic (exact) mass is 366 g/mol. The van der Waals surface area contributed by atoms with Crippen molar-refractivity contribution in [1.82, 2.24) is 9.78 Å². The largest absolute Gasteiger partial charge is 0.416 e. The quantitative estimate of drug-likeness (QED) is 0.732. The van der Waals surface area contributed by atoms with Crippen LogP contribution in [0, 0.1) is 3.57 Å². The van der Waals surface area contributed by atoms with Crippen molar-refractivity contribution in [3.05, 3.63) is 51.4 Å². The topological polar surface area (TPSA) is 17.8 Å². The number of aromatic nitrogens is 2. The molecule has 0 fully saturated rings. The van der Waals surface area contributed by atoms with Crippen molar-refractivity contribution < 1.29 is 13.2 Å². The second kappa shape index (κ2) is 4.91. The van der Waals surface area contributed by atoms with Crippen LogP contribution in [-0.4, -0.2) is 9.78 Å². The average Bonchev–Trinajstić information content (AvgIpc) is 2.74. The second-order valence-electron chi connectivity index (χ2n) is 3.93. The van der Waals surface area contributed by atoms with E-state index in [0.717, 1.165) is 21.3 Å². The molecule has 0 spiro atoms. The Bertz CT molecular complexity index is 531. The molecule has 2 nitrogen and oxygen atoms in total. The van der Waals surface area contributed by atoms with Gasteiger partial charge in [-0.2, -0.15) is 18.3 Å². The van der Waals surface area contributed by atoms with Gasteiger partial charge in [-0.25, -0.2) is 0 Å². The Morgan fingerprint density at radius 3 is 2.28 bits per heavy atom. The van der Waals surface area contributed by atoms with Crippen LogP contribution in [0.5, 0.6) is 0 Å². The first-order valence-corrected chi connectivity index (χ1v) is 6.32. The molecule has 0 bridgehead atoms. The minimum Gasteiger partial charge on any atom is -0.264 e. The molecule has 2 rings (SSSR count). The second-order valence-corrected chi connectivity index (χ2v) is 5.18. The first kappa shape index (κ1) is 13.4. The van der Waals surface area contributed by atoms with Crippen LogP contribution in [-0.2, 0) is 6.18 Å². The Morgan fingerprint density at radius 1 is 1.22 bits per heavy atom. The summed E-state index contributed by atoms with van der Waals surface area (Å²) in [5, 5.41) is 4.15. The van der Waals surface area contributed by atoms with Gasteiger partial charge in [0.05, 0.1) is 21.4 Å². The lowest BCUT2D eigenvalue weighted by Crippen LogP contribution is -2.09. The molecular weight excluding hydrogens is 356 g/mol. The van der Waals surface area contributed by atoms with E-state index in [4.69, 9.17) is 0 Å². The van der Waals surface area contributed by atoms with Gasteiger partial charge in [0.15, 0.2) is 0 Å². The molecule has 1 atom stereocenters. The summed E-state index contributed by atoms with van der Waals surface area (Å²) < 4.78 is 40.0. The fourth-order valence-corrected chi connectivity index (χ4v) is 2.04. The van der Waals surface area contributed by atoms with E-state index >= 15 is 0 Å². The van der Waals surface area contributed by atoms with E-state index in [9.17, 15) is 13.2 Å². The van der Waals surface area contributed by atoms with E-state index in [-0.39, 0.29) is 6.04 Å². The van der Waals surface area contributed by atoms with Gasteiger partial charge in [0.2, 0.25) is 0 Å². The van der Waals surface area contributed by atoms with Crippen molar-refractivity contribution in [1.29, 1.82) is 0 Å². The standard InChI is InChI=1S/C12H10F3IN2/c1-8(18-7-11(16)6-17-18)9-2-4-10(5-3-9)12(13,14)15/h2-8H,1H3/t8-/m1/s1. The molecule has 0 radical (unpaired) electrons. The van der Waals surface area contributed by atoms with Crippen molar-refractivity contribution in [2.45, 2.75) is 19.1 Å². The summed E-state index contributed by atoms with van der Waals surface area (Å²) >= 11 is 2.14. The van der Waals surface area contributed by atoms with Crippen LogP contribution in [0.1, 0.15) is 24.1 Å². The zero-order valence-corrected chi connectivity index (χ0v) is 11.6. The number of nitrogens with zero attached hydrogens (tertiary/aromatic N) is 2. The summed E-state index contributed by atoms with van der Waals surface area (Å²) in [6, 6.07) is 5.08. The van der Waals surface area contributed by atoms with Gasteiger partial charge in [0.1, 0.15) is 0 Å². The summed E-state index contributed by atoms with van der Waals surface area (Å²) in [6.07, 6.45) is -0.729. The summed E-state index contributed by atoms with van der Waals surface area (Å²) in [7, 11) is 0. The first-order valence-electron chi connectivity index (χ1n) is 5.25. The fraction of sp³-hybridized carbons (Fsp3) is 0.250. The van der Waals surface area contributed by atoms with Crippen LogP contribution in [0.4, 0.5) is 13.2 Å². The molecule has 96 valence electrons. The molecule has 0 aliphatic carbocycles. The van der Waals surface area contributed by atoms with Crippen molar-refractivity contribution in [3.8, 4) is 0 Å². The van der Waals surface area contributed by atoms with Crippen molar-refractivity contribution in [2.24, 2.45) is 0 Å². The minimum atomic E-state index is -4.29. The van der Waals surface area contributed by atoms with Gasteiger partial charge in [-0.15, -0.1) is 0 Å². The van der Waals surface area contributed by atoms with Crippen LogP contribution >= 0.6 is 22.6 Å². The highest BCUT2D eigenvalue weighted by Crippen LogP contribution is 2.30. The molecule has 1 heterocycles. The van der Waals surface area contributed by atoms with Crippen LogP contribution in [0.15, 0.2) is 36.7 Å². The van der Waals surface area contributed by atoms with Gasteiger partial charge in [-0.05, 0) is 47.2 Å². The van der Waals surface area contributed by atoms with Gasteiger partial charge in [-0.3, -0.25) is 4.68 Å². The zero-order valence-electron chi connectivity index (χ0n) is 9.45. The third-order valence-corrected chi connectivity index (χ3v) is 3.24. The molecule has 0 saturated carbocycles. The SMILES string of the molecule is C[C@H](c1ccc(C(F)(F)F)cc1)n1cc(I)cn1. The number of rotatable bonds is 2. The molecular formula is C12H10F3IN2. The maximum absolute atomic E-state index is 12.4. The first-order chi connectivity index (χ1) is 8.38. The molecule has 1 aromatic heterocycles. The Hall–Kier alpha value is -1.05. The van der Waals surface area contributed by atoms with Gasteiger partial charge in [0, 0.05) is 6.20 Å². The maximum atomic E-state index is 12.4. The minimum absolute atomic E-state index is 0.0872. The highest BCUT2D eigenvalue weighted by Gasteiger charge is 2.30. The van der Waals surface area contributed by atoms with Gasteiger partial charge >= 0.3 is 6.18 Å². The normalized spacial score (nSPS) is 13.6. The van der Waals surface area contributed by atoms with E-state index in [1.54, 1.807) is 10.9 Å². The summed E-state index contributed by atoms with van der Waals surface area (Å²) in [4.78, 5) is 0. The van der Waals surface area contributed by atoms with E-state index < -0.39 is 11.7 Å². The van der Waals surface area contributed by atoms with Crippen LogP contribution in [0.25, 0.3) is 0 Å². The van der Waals surface area contributed by atoms with Crippen LogP contribution in [0.2, 0.25) is 0 Å². The van der Waals surface area contributed by atoms with Crippen LogP contribution < -0.4 is 0 Å². The van der Waals surface area contributed by atoms with Gasteiger partial charge in [0.25, 0.3) is 0 Å². The highest BCUT2D eigenvalue weighted by molar-refractivity contribution is 14.1. The number of hydrogen-bond donors (Lipinski definition) is 0. The molecule has 0 aliphatic rings. The number of halogens is 4. The Labute approximate surface area is 116 Å². The van der Waals surface area contributed by atoms with Crippen molar-refractivity contribution >= 4 is 22.6 Å². The van der Waals surface area contributed by atoms with E-state index in [1.165, 1.54) is 12.1 Å². The van der Waals surface area contributed by atoms with Crippen LogP contribution in [0.3, 0.4) is 0 Å². The predicted molar refractivity (Wildman–Crippen MR) is 70.2 cm³/mol. The lowest BCUT2D eigenvalue weighted by atomic mass is 10.1. The molecule has 0 amide bonds. The summed E-state index contributed by atoms with van der Waals surface area (Å²) in [6.45, 7) is 1.89. The highest BCUT2D eigenvalue weighted by atomic mass is 127. The van der Waals surface area contributed by atoms with Gasteiger partial charge < -0.3 is 0 Å². The number of benzene rings is 1. The smallest absolute Gasteiger partial charge is 0.264 e. The molecule has 6 heteroatoms. The Kier molecular flexibility index (Phi) is 3.65. The van der Waals surface area contributed by atoms with E-state index in [0.29, 0.717) is 0 Å². The molecule has 2 aromatic rings. The van der Waals surface area contributed by atoms with E-state index in [1.807, 2.05) is 13.1 Å².